The van der Waals surface area contributed by atoms with E-state index in [1.807, 2.05) is 4.90 Å². The number of hydrazone groups is 1. The second-order valence-electron chi connectivity index (χ2n) is 8.00. The normalized spacial score (nSPS) is 18.2. The highest BCUT2D eigenvalue weighted by molar-refractivity contribution is 6.33. The number of carboxylic acids is 1. The largest absolute Gasteiger partial charge is 0.493 e. The van der Waals surface area contributed by atoms with Crippen LogP contribution in [0.15, 0.2) is 41.5 Å². The fourth-order valence-corrected chi connectivity index (χ4v) is 4.15. The number of ether oxygens (including phenoxy) is 2. The van der Waals surface area contributed by atoms with Gasteiger partial charge in [0.25, 0.3) is 5.91 Å². The Labute approximate surface area is 198 Å². The number of rotatable bonds is 8. The summed E-state index contributed by atoms with van der Waals surface area (Å²) in [4.78, 5) is 25.8. The fraction of sp³-hybridized carbons (Fsp3) is 0.375. The molecule has 8 nitrogen and oxygen atoms in total. The van der Waals surface area contributed by atoms with Crippen LogP contribution >= 0.6 is 11.6 Å². The van der Waals surface area contributed by atoms with E-state index in [1.165, 1.54) is 19.2 Å². The molecule has 3 rings (SSSR count). The lowest BCUT2D eigenvalue weighted by Gasteiger charge is -2.39. The molecule has 1 saturated heterocycles. The maximum atomic E-state index is 12.7. The van der Waals surface area contributed by atoms with Crippen molar-refractivity contribution in [3.8, 4) is 11.5 Å². The third kappa shape index (κ3) is 6.16. The monoisotopic (exact) mass is 473 g/mol. The molecule has 0 aliphatic carbocycles. The number of hydrogen-bond donors (Lipinski definition) is 2. The van der Waals surface area contributed by atoms with E-state index in [0.717, 1.165) is 24.8 Å². The van der Waals surface area contributed by atoms with Gasteiger partial charge < -0.3 is 19.5 Å². The van der Waals surface area contributed by atoms with Crippen molar-refractivity contribution in [1.29, 1.82) is 0 Å². The number of carbonyl (C=O) groups excluding carboxylic acids is 1. The van der Waals surface area contributed by atoms with E-state index < -0.39 is 5.97 Å². The number of methoxy groups -OCH3 is 1. The summed E-state index contributed by atoms with van der Waals surface area (Å²) in [6.07, 6.45) is 4.71. The number of carboxylic acid groups (broad SMARTS) is 1. The van der Waals surface area contributed by atoms with Gasteiger partial charge in [-0.2, -0.15) is 5.10 Å². The second kappa shape index (κ2) is 11.0. The van der Waals surface area contributed by atoms with Crippen LogP contribution in [0.3, 0.4) is 0 Å². The molecule has 0 bridgehead atoms. The number of hydrogen-bond acceptors (Lipinski definition) is 6. The maximum absolute atomic E-state index is 12.7. The first kappa shape index (κ1) is 24.4. The Morgan fingerprint density at radius 2 is 1.91 bits per heavy atom. The van der Waals surface area contributed by atoms with Crippen LogP contribution in [0.1, 0.15) is 49.0 Å². The van der Waals surface area contributed by atoms with E-state index in [1.54, 1.807) is 30.5 Å². The van der Waals surface area contributed by atoms with E-state index in [9.17, 15) is 9.59 Å². The van der Waals surface area contributed by atoms with Gasteiger partial charge >= 0.3 is 5.97 Å². The molecule has 33 heavy (non-hydrogen) atoms. The van der Waals surface area contributed by atoms with Gasteiger partial charge in [0.15, 0.2) is 18.1 Å². The smallest absolute Gasteiger partial charge is 0.337 e. The number of likely N-dealkylation sites (tertiary alicyclic amines) is 1. The van der Waals surface area contributed by atoms with Crippen LogP contribution in [0, 0.1) is 0 Å². The lowest BCUT2D eigenvalue weighted by Crippen LogP contribution is -2.49. The molecule has 176 valence electrons. The van der Waals surface area contributed by atoms with Gasteiger partial charge in [-0.05, 0) is 75.1 Å². The second-order valence-corrected chi connectivity index (χ2v) is 8.41. The van der Waals surface area contributed by atoms with Crippen LogP contribution < -0.4 is 14.9 Å². The highest BCUT2D eigenvalue weighted by atomic mass is 35.5. The molecular weight excluding hydrogens is 446 g/mol. The van der Waals surface area contributed by atoms with E-state index in [2.05, 4.69) is 24.4 Å². The molecule has 9 heteroatoms. The average Bonchev–Trinajstić information content (AvgIpc) is 2.78. The summed E-state index contributed by atoms with van der Waals surface area (Å²) in [7, 11) is 1.53. The summed E-state index contributed by atoms with van der Waals surface area (Å²) in [6.45, 7) is 4.09. The molecule has 0 spiro atoms. The summed E-state index contributed by atoms with van der Waals surface area (Å²) < 4.78 is 11.2. The Balaban J connectivity index is 1.63. The van der Waals surface area contributed by atoms with Crippen molar-refractivity contribution in [3.63, 3.8) is 0 Å². The fourth-order valence-electron chi connectivity index (χ4n) is 3.95. The van der Waals surface area contributed by atoms with Crippen molar-refractivity contribution in [3.05, 3.63) is 52.5 Å². The van der Waals surface area contributed by atoms with Gasteiger partial charge in [0.05, 0.1) is 29.6 Å². The number of carbonyl (C=O) groups is 2. The lowest BCUT2D eigenvalue weighted by molar-refractivity contribution is -0.139. The van der Waals surface area contributed by atoms with E-state index in [4.69, 9.17) is 26.2 Å². The van der Waals surface area contributed by atoms with Crippen molar-refractivity contribution in [2.75, 3.05) is 19.1 Å². The third-order valence-electron chi connectivity index (χ3n) is 5.62. The Morgan fingerprint density at radius 3 is 2.58 bits per heavy atom. The first-order valence-electron chi connectivity index (χ1n) is 10.7. The standard InChI is InChI=1S/C24H28ClN3O5/c1-15-5-4-6-16(2)28(15)23(29)14-33-21-10-7-17(11-22(21)32-3)13-26-27-18-8-9-20(25)19(12-18)24(30)31/h7-13,15-16,27H,4-6,14H2,1-3H3,(H,30,31)/b26-13+. The van der Waals surface area contributed by atoms with E-state index >= 15 is 0 Å². The zero-order valence-corrected chi connectivity index (χ0v) is 19.6. The molecular formula is C24H28ClN3O5. The molecule has 1 aliphatic rings. The molecule has 2 aromatic rings. The van der Waals surface area contributed by atoms with Crippen molar-refractivity contribution in [2.24, 2.45) is 5.10 Å². The zero-order valence-electron chi connectivity index (χ0n) is 18.9. The number of amides is 1. The number of piperidine rings is 1. The van der Waals surface area contributed by atoms with Gasteiger partial charge in [-0.15, -0.1) is 0 Å². The van der Waals surface area contributed by atoms with Crippen LogP contribution in [0.5, 0.6) is 11.5 Å². The zero-order chi connectivity index (χ0) is 24.0. The minimum Gasteiger partial charge on any atom is -0.493 e. The minimum atomic E-state index is -1.12. The quantitative estimate of drug-likeness (QED) is 0.427. The molecule has 2 unspecified atom stereocenters. The Bertz CT molecular complexity index is 1030. The number of benzene rings is 2. The first-order chi connectivity index (χ1) is 15.8. The van der Waals surface area contributed by atoms with Crippen LogP contribution in [-0.4, -0.2) is 53.9 Å². The van der Waals surface area contributed by atoms with Gasteiger partial charge in [-0.25, -0.2) is 4.79 Å². The summed E-state index contributed by atoms with van der Waals surface area (Å²) in [5.41, 5.74) is 3.98. The summed E-state index contributed by atoms with van der Waals surface area (Å²) in [5, 5.41) is 13.4. The van der Waals surface area contributed by atoms with Gasteiger partial charge in [-0.1, -0.05) is 11.6 Å². The van der Waals surface area contributed by atoms with Crippen molar-refractivity contribution < 1.29 is 24.2 Å². The van der Waals surface area contributed by atoms with Crippen LogP contribution in [0.2, 0.25) is 5.02 Å². The molecule has 2 aromatic carbocycles. The first-order valence-corrected chi connectivity index (χ1v) is 11.1. The van der Waals surface area contributed by atoms with E-state index in [-0.39, 0.29) is 35.2 Å². The van der Waals surface area contributed by atoms with Crippen molar-refractivity contribution >= 4 is 35.4 Å². The van der Waals surface area contributed by atoms with Gasteiger partial charge in [0.1, 0.15) is 0 Å². The van der Waals surface area contributed by atoms with Crippen molar-refractivity contribution in [1.82, 2.24) is 4.90 Å². The maximum Gasteiger partial charge on any atom is 0.337 e. The SMILES string of the molecule is COc1cc(/C=N/Nc2ccc(Cl)c(C(=O)O)c2)ccc1OCC(=O)N1C(C)CCCC1C. The van der Waals surface area contributed by atoms with Crippen LogP contribution in [0.25, 0.3) is 0 Å². The molecule has 1 aliphatic heterocycles. The molecule has 0 aromatic heterocycles. The Hall–Kier alpha value is -3.26. The van der Waals surface area contributed by atoms with E-state index in [0.29, 0.717) is 17.2 Å². The molecule has 1 heterocycles. The summed E-state index contributed by atoms with van der Waals surface area (Å²) in [5.74, 6) is -0.200. The lowest BCUT2D eigenvalue weighted by atomic mass is 9.97. The van der Waals surface area contributed by atoms with Gasteiger partial charge in [0.2, 0.25) is 0 Å². The Morgan fingerprint density at radius 1 is 1.18 bits per heavy atom. The molecule has 1 fully saturated rings. The number of halogens is 1. The summed E-state index contributed by atoms with van der Waals surface area (Å²) >= 11 is 5.88. The number of nitrogens with one attached hydrogen (secondary N) is 1. The molecule has 2 atom stereocenters. The van der Waals surface area contributed by atoms with Crippen molar-refractivity contribution in [2.45, 2.75) is 45.2 Å². The topological polar surface area (TPSA) is 100 Å². The molecule has 0 radical (unpaired) electrons. The van der Waals surface area contributed by atoms with Crippen LogP contribution in [-0.2, 0) is 4.79 Å². The summed E-state index contributed by atoms with van der Waals surface area (Å²) in [6, 6.07) is 10.2. The highest BCUT2D eigenvalue weighted by Crippen LogP contribution is 2.29. The average molecular weight is 474 g/mol. The highest BCUT2D eigenvalue weighted by Gasteiger charge is 2.29. The van der Waals surface area contributed by atoms with Crippen LogP contribution in [0.4, 0.5) is 5.69 Å². The third-order valence-corrected chi connectivity index (χ3v) is 5.95. The molecule has 2 N–H and O–H groups in total. The van der Waals surface area contributed by atoms with Gasteiger partial charge in [0, 0.05) is 12.1 Å². The number of aromatic carboxylic acids is 1. The van der Waals surface area contributed by atoms with Gasteiger partial charge in [-0.3, -0.25) is 10.2 Å². The predicted octanol–water partition coefficient (Wildman–Crippen LogP) is 4.66. The number of nitrogens with zero attached hydrogens (tertiary/aromatic N) is 2. The minimum absolute atomic E-state index is 0.0112. The Kier molecular flexibility index (Phi) is 8.16. The number of anilines is 1. The molecule has 1 amide bonds. The predicted molar refractivity (Wildman–Crippen MR) is 128 cm³/mol. The molecule has 0 saturated carbocycles.